The lowest BCUT2D eigenvalue weighted by Gasteiger charge is -2.13. The maximum Gasteiger partial charge on any atom is 0.280 e. The average molecular weight is 578 g/mol. The van der Waals surface area contributed by atoms with Gasteiger partial charge < -0.3 is 9.30 Å². The van der Waals surface area contributed by atoms with Crippen LogP contribution in [0.3, 0.4) is 0 Å². The Bertz CT molecular complexity index is 1760. The minimum Gasteiger partial charge on any atom is -0.496 e. The van der Waals surface area contributed by atoms with Gasteiger partial charge in [0.1, 0.15) is 22.5 Å². The van der Waals surface area contributed by atoms with E-state index in [9.17, 15) is 18.8 Å². The summed E-state index contributed by atoms with van der Waals surface area (Å²) in [6, 6.07) is 29.1. The molecule has 3 aromatic carbocycles. The average Bonchev–Trinajstić information content (AvgIpc) is 3.58. The molecule has 42 heavy (non-hydrogen) atoms. The van der Waals surface area contributed by atoms with Crippen LogP contribution in [0.15, 0.2) is 114 Å². The Morgan fingerprint density at radius 2 is 1.76 bits per heavy atom. The van der Waals surface area contributed by atoms with E-state index in [1.165, 1.54) is 23.9 Å². The predicted molar refractivity (Wildman–Crippen MR) is 161 cm³/mol. The summed E-state index contributed by atoms with van der Waals surface area (Å²) in [4.78, 5) is 16.9. The van der Waals surface area contributed by atoms with Gasteiger partial charge in [0.2, 0.25) is 0 Å². The number of rotatable bonds is 10. The summed E-state index contributed by atoms with van der Waals surface area (Å²) in [6.45, 7) is 0. The van der Waals surface area contributed by atoms with E-state index >= 15 is 0 Å². The molecule has 0 saturated heterocycles. The quantitative estimate of drug-likeness (QED) is 0.0945. The van der Waals surface area contributed by atoms with E-state index in [1.54, 1.807) is 55.7 Å². The molecule has 0 bridgehead atoms. The minimum atomic E-state index is -2.79. The highest BCUT2D eigenvalue weighted by atomic mass is 32.2. The van der Waals surface area contributed by atoms with Gasteiger partial charge in [-0.3, -0.25) is 4.79 Å². The lowest BCUT2D eigenvalue weighted by atomic mass is 10.0. The first-order valence-corrected chi connectivity index (χ1v) is 14.0. The number of hydrogen-bond donors (Lipinski definition) is 0. The number of nitrogens with zero attached hydrogens (tertiary/aromatic N) is 3. The molecule has 0 unspecified atom stereocenters. The molecule has 0 aliphatic heterocycles. The van der Waals surface area contributed by atoms with Crippen molar-refractivity contribution in [3.8, 4) is 28.6 Å². The fourth-order valence-corrected chi connectivity index (χ4v) is 5.43. The van der Waals surface area contributed by atoms with Crippen molar-refractivity contribution in [3.63, 3.8) is 0 Å². The largest absolute Gasteiger partial charge is 0.496 e. The summed E-state index contributed by atoms with van der Waals surface area (Å²) < 4.78 is 35.0. The van der Waals surface area contributed by atoms with Gasteiger partial charge in [0, 0.05) is 40.5 Å². The molecule has 0 atom stereocenters. The number of allylic oxidation sites excluding steroid dienone is 1. The fourth-order valence-electron chi connectivity index (χ4n) is 4.44. The number of hydrogen-bond acceptors (Lipinski definition) is 5. The monoisotopic (exact) mass is 577 g/mol. The van der Waals surface area contributed by atoms with E-state index in [0.717, 1.165) is 16.8 Å². The van der Waals surface area contributed by atoms with Crippen LogP contribution in [-0.4, -0.2) is 22.4 Å². The Labute approximate surface area is 246 Å². The zero-order chi connectivity index (χ0) is 29.5. The lowest BCUT2D eigenvalue weighted by Crippen LogP contribution is -2.00. The van der Waals surface area contributed by atoms with Crippen LogP contribution < -0.4 is 4.74 Å². The molecular formula is C34H25F2N3O2S. The van der Waals surface area contributed by atoms with Gasteiger partial charge in [0.05, 0.1) is 12.7 Å². The second kappa shape index (κ2) is 13.1. The molecule has 5 nitrogen and oxygen atoms in total. The molecule has 5 rings (SSSR count). The molecule has 0 N–H and O–H groups in total. The van der Waals surface area contributed by atoms with Gasteiger partial charge in [-0.05, 0) is 71.8 Å². The zero-order valence-electron chi connectivity index (χ0n) is 22.6. The van der Waals surface area contributed by atoms with Gasteiger partial charge in [-0.15, -0.1) is 11.8 Å². The first-order chi connectivity index (χ1) is 20.5. The SMILES string of the molecule is COc1ccc(/C=C/C(=O)c2ccc(-n3cccc3)cc2)cc1CSc1nc(C(F)F)cc(-c2ccccc2)c1C#N. The number of carbonyl (C=O) groups excluding carboxylic acids is 1. The minimum absolute atomic E-state index is 0.138. The van der Waals surface area contributed by atoms with E-state index in [4.69, 9.17) is 4.74 Å². The number of ketones is 1. The molecule has 2 aromatic heterocycles. The van der Waals surface area contributed by atoms with Crippen molar-refractivity contribution in [2.24, 2.45) is 0 Å². The van der Waals surface area contributed by atoms with Crippen molar-refractivity contribution < 1.29 is 18.3 Å². The van der Waals surface area contributed by atoms with Crippen molar-refractivity contribution in [2.45, 2.75) is 17.2 Å². The second-order valence-corrected chi connectivity index (χ2v) is 10.2. The third-order valence-corrected chi connectivity index (χ3v) is 7.60. The summed E-state index contributed by atoms with van der Waals surface area (Å²) in [5.74, 6) is 0.765. The summed E-state index contributed by atoms with van der Waals surface area (Å²) in [6.07, 6.45) is 4.32. The van der Waals surface area contributed by atoms with Crippen molar-refractivity contribution in [3.05, 3.63) is 137 Å². The summed E-state index contributed by atoms with van der Waals surface area (Å²) in [5, 5.41) is 10.2. The highest BCUT2D eigenvalue weighted by molar-refractivity contribution is 7.98. The molecule has 0 aliphatic rings. The van der Waals surface area contributed by atoms with E-state index in [-0.39, 0.29) is 22.1 Å². The molecule has 0 fully saturated rings. The van der Waals surface area contributed by atoms with Crippen molar-refractivity contribution in [1.29, 1.82) is 5.26 Å². The van der Waals surface area contributed by atoms with Crippen LogP contribution in [0, 0.1) is 11.3 Å². The standard InChI is InChI=1S/C34H25F2N3O2S/c1-41-32-16-10-23(9-15-31(40)25-11-13-27(14-12-25)39-17-5-6-18-39)19-26(32)22-42-34-29(21-37)28(20-30(38-34)33(35)36)24-7-3-2-4-8-24/h2-20,33H,22H2,1H3/b15-9+. The second-order valence-electron chi connectivity index (χ2n) is 9.25. The van der Waals surface area contributed by atoms with Gasteiger partial charge >= 0.3 is 0 Å². The van der Waals surface area contributed by atoms with Crippen LogP contribution >= 0.6 is 11.8 Å². The predicted octanol–water partition coefficient (Wildman–Crippen LogP) is 8.55. The Morgan fingerprint density at radius 1 is 1.02 bits per heavy atom. The molecule has 8 heteroatoms. The smallest absolute Gasteiger partial charge is 0.280 e. The van der Waals surface area contributed by atoms with E-state index in [1.807, 2.05) is 59.4 Å². The number of benzene rings is 3. The molecule has 0 saturated carbocycles. The highest BCUT2D eigenvalue weighted by Crippen LogP contribution is 2.36. The van der Waals surface area contributed by atoms with Crippen LogP contribution in [0.1, 0.15) is 39.2 Å². The topological polar surface area (TPSA) is 67.9 Å². The molecular weight excluding hydrogens is 552 g/mol. The van der Waals surface area contributed by atoms with Crippen LogP contribution in [-0.2, 0) is 5.75 Å². The van der Waals surface area contributed by atoms with Crippen molar-refractivity contribution in [2.75, 3.05) is 7.11 Å². The fraction of sp³-hybridized carbons (Fsp3) is 0.0882. The Balaban J connectivity index is 1.37. The Morgan fingerprint density at radius 3 is 2.43 bits per heavy atom. The number of thioether (sulfide) groups is 1. The van der Waals surface area contributed by atoms with E-state index in [2.05, 4.69) is 11.1 Å². The number of aromatic nitrogens is 2. The van der Waals surface area contributed by atoms with Crippen molar-refractivity contribution >= 4 is 23.6 Å². The van der Waals surface area contributed by atoms with Crippen LogP contribution in [0.25, 0.3) is 22.9 Å². The number of ether oxygens (including phenoxy) is 1. The number of methoxy groups -OCH3 is 1. The maximum absolute atomic E-state index is 13.8. The van der Waals surface area contributed by atoms with Crippen LogP contribution in [0.4, 0.5) is 8.78 Å². The summed E-state index contributed by atoms with van der Waals surface area (Å²) >= 11 is 1.18. The first kappa shape index (κ1) is 28.5. The first-order valence-electron chi connectivity index (χ1n) is 13.0. The summed E-state index contributed by atoms with van der Waals surface area (Å²) in [7, 11) is 1.55. The normalized spacial score (nSPS) is 11.1. The molecule has 0 spiro atoms. The third-order valence-electron chi connectivity index (χ3n) is 6.58. The van der Waals surface area contributed by atoms with Crippen molar-refractivity contribution in [1.82, 2.24) is 9.55 Å². The Kier molecular flexibility index (Phi) is 8.90. The van der Waals surface area contributed by atoms with Gasteiger partial charge in [-0.25, -0.2) is 13.8 Å². The molecule has 5 aromatic rings. The highest BCUT2D eigenvalue weighted by Gasteiger charge is 2.19. The number of nitriles is 1. The van der Waals surface area contributed by atoms with Gasteiger partial charge in [0.25, 0.3) is 6.43 Å². The van der Waals surface area contributed by atoms with Gasteiger partial charge in [-0.2, -0.15) is 5.26 Å². The number of halogens is 2. The zero-order valence-corrected chi connectivity index (χ0v) is 23.4. The number of pyridine rings is 1. The van der Waals surface area contributed by atoms with Crippen LogP contribution in [0.2, 0.25) is 0 Å². The Hall–Kier alpha value is -5.00. The molecule has 2 heterocycles. The van der Waals surface area contributed by atoms with Gasteiger partial charge in [-0.1, -0.05) is 42.5 Å². The number of carbonyl (C=O) groups is 1. The third kappa shape index (κ3) is 6.48. The van der Waals surface area contributed by atoms with Gasteiger partial charge in [0.15, 0.2) is 5.78 Å². The van der Waals surface area contributed by atoms with E-state index < -0.39 is 6.43 Å². The molecule has 0 amide bonds. The van der Waals surface area contributed by atoms with Crippen LogP contribution in [0.5, 0.6) is 5.75 Å². The maximum atomic E-state index is 13.8. The molecule has 0 radical (unpaired) electrons. The number of alkyl halides is 2. The molecule has 208 valence electrons. The molecule has 0 aliphatic carbocycles. The van der Waals surface area contributed by atoms with E-state index in [0.29, 0.717) is 28.2 Å². The summed E-state index contributed by atoms with van der Waals surface area (Å²) in [5.41, 5.74) is 3.98. The lowest BCUT2D eigenvalue weighted by molar-refractivity contribution is 0.104.